The summed E-state index contributed by atoms with van der Waals surface area (Å²) in [6.07, 6.45) is 20.8. The molecule has 0 spiro atoms. The molecule has 2 heterocycles. The molecule has 3 fully saturated rings. The van der Waals surface area contributed by atoms with Crippen molar-refractivity contribution in [3.05, 3.63) is 34.9 Å². The summed E-state index contributed by atoms with van der Waals surface area (Å²) in [5.41, 5.74) is 3.84. The summed E-state index contributed by atoms with van der Waals surface area (Å²) >= 11 is 0. The summed E-state index contributed by atoms with van der Waals surface area (Å²) in [4.78, 5) is 31.0. The summed E-state index contributed by atoms with van der Waals surface area (Å²) in [7, 11) is 0. The van der Waals surface area contributed by atoms with Crippen LogP contribution in [0.5, 0.6) is 0 Å². The first-order valence-electron chi connectivity index (χ1n) is 14.6. The van der Waals surface area contributed by atoms with Crippen LogP contribution in [-0.2, 0) is 9.59 Å². The van der Waals surface area contributed by atoms with E-state index >= 15 is 0 Å². The van der Waals surface area contributed by atoms with Crippen LogP contribution >= 0.6 is 0 Å². The van der Waals surface area contributed by atoms with E-state index in [9.17, 15) is 9.59 Å². The average Bonchev–Trinajstić information content (AvgIpc) is 3.25. The number of nitrogens with zero attached hydrogens (tertiary/aromatic N) is 2. The van der Waals surface area contributed by atoms with Crippen LogP contribution in [0.2, 0.25) is 0 Å². The van der Waals surface area contributed by atoms with Gasteiger partial charge in [0.05, 0.1) is 0 Å². The number of fused-ring (bicyclic) bond motifs is 5. The molecule has 0 unspecified atom stereocenters. The van der Waals surface area contributed by atoms with Crippen molar-refractivity contribution in [2.75, 3.05) is 26.2 Å². The maximum atomic E-state index is 13.5. The molecule has 0 N–H and O–H groups in total. The van der Waals surface area contributed by atoms with Gasteiger partial charge >= 0.3 is 0 Å². The molecule has 6 rings (SSSR count). The topological polar surface area (TPSA) is 40.6 Å². The van der Waals surface area contributed by atoms with Gasteiger partial charge < -0.3 is 9.80 Å². The predicted molar refractivity (Wildman–Crippen MR) is 139 cm³/mol. The second-order valence-electron chi connectivity index (χ2n) is 12.9. The molecule has 0 radical (unpaired) electrons. The average molecular weight is 477 g/mol. The zero-order valence-corrected chi connectivity index (χ0v) is 22.0. The Morgan fingerprint density at radius 2 is 1.43 bits per heavy atom. The molecule has 2 saturated heterocycles. The zero-order valence-electron chi connectivity index (χ0n) is 22.0. The Bertz CT molecular complexity index is 980. The molecule has 4 aliphatic carbocycles. The highest BCUT2D eigenvalue weighted by molar-refractivity contribution is 5.96. The molecule has 2 amide bonds. The van der Waals surface area contributed by atoms with Crippen molar-refractivity contribution in [3.8, 4) is 0 Å². The van der Waals surface area contributed by atoms with Gasteiger partial charge in [-0.15, -0.1) is 0 Å². The fourth-order valence-electron chi connectivity index (χ4n) is 8.96. The van der Waals surface area contributed by atoms with Crippen LogP contribution in [-0.4, -0.2) is 47.8 Å². The summed E-state index contributed by atoms with van der Waals surface area (Å²) in [5, 5.41) is 0. The van der Waals surface area contributed by atoms with Gasteiger partial charge in [0.15, 0.2) is 0 Å². The molecular weight excluding hydrogens is 432 g/mol. The maximum Gasteiger partial charge on any atom is 0.250 e. The van der Waals surface area contributed by atoms with Crippen molar-refractivity contribution < 1.29 is 9.59 Å². The van der Waals surface area contributed by atoms with Crippen LogP contribution < -0.4 is 0 Å². The molecule has 6 aliphatic rings. The highest BCUT2D eigenvalue weighted by Gasteiger charge is 2.57. The van der Waals surface area contributed by atoms with Crippen LogP contribution in [0.15, 0.2) is 34.9 Å². The van der Waals surface area contributed by atoms with Crippen LogP contribution in [0, 0.1) is 28.6 Å². The van der Waals surface area contributed by atoms with Crippen LogP contribution in [0.1, 0.15) is 90.9 Å². The summed E-state index contributed by atoms with van der Waals surface area (Å²) < 4.78 is 0. The minimum absolute atomic E-state index is 0.0390. The monoisotopic (exact) mass is 476 g/mol. The predicted octanol–water partition coefficient (Wildman–Crippen LogP) is 6.05. The number of rotatable bonds is 2. The number of allylic oxidation sites excluding steroid dienone is 4. The van der Waals surface area contributed by atoms with Crippen molar-refractivity contribution >= 4 is 11.8 Å². The Morgan fingerprint density at radius 3 is 2.11 bits per heavy atom. The lowest BCUT2D eigenvalue weighted by Gasteiger charge is -2.56. The van der Waals surface area contributed by atoms with E-state index in [-0.39, 0.29) is 10.8 Å². The minimum atomic E-state index is 0.0390. The Hall–Kier alpha value is -1.84. The number of piperidine rings is 2. The van der Waals surface area contributed by atoms with E-state index in [2.05, 4.69) is 41.9 Å². The fraction of sp³-hybridized carbons (Fsp3) is 0.742. The highest BCUT2D eigenvalue weighted by Crippen LogP contribution is 2.64. The van der Waals surface area contributed by atoms with Crippen LogP contribution in [0.4, 0.5) is 0 Å². The molecule has 1 saturated carbocycles. The fourth-order valence-corrected chi connectivity index (χ4v) is 8.96. The van der Waals surface area contributed by atoms with E-state index in [0.29, 0.717) is 29.6 Å². The molecule has 0 aromatic carbocycles. The molecule has 5 atom stereocenters. The van der Waals surface area contributed by atoms with Crippen molar-refractivity contribution in [2.45, 2.75) is 90.9 Å². The van der Waals surface area contributed by atoms with Crippen molar-refractivity contribution in [1.29, 1.82) is 0 Å². The Kier molecular flexibility index (Phi) is 6.00. The van der Waals surface area contributed by atoms with Gasteiger partial charge in [0.2, 0.25) is 11.8 Å². The third-order valence-corrected chi connectivity index (χ3v) is 11.1. The number of carbonyl (C=O) groups excluding carboxylic acids is 2. The molecule has 4 heteroatoms. The molecular formula is C31H44N2O2. The van der Waals surface area contributed by atoms with E-state index in [0.717, 1.165) is 95.1 Å². The van der Waals surface area contributed by atoms with Crippen molar-refractivity contribution in [3.63, 3.8) is 0 Å². The lowest BCUT2D eigenvalue weighted by atomic mass is 9.48. The molecule has 4 nitrogen and oxygen atoms in total. The lowest BCUT2D eigenvalue weighted by Crippen LogP contribution is -2.50. The third kappa shape index (κ3) is 3.76. The van der Waals surface area contributed by atoms with E-state index in [1.54, 1.807) is 0 Å². The highest BCUT2D eigenvalue weighted by atomic mass is 16.2. The third-order valence-electron chi connectivity index (χ3n) is 11.1. The van der Waals surface area contributed by atoms with Crippen molar-refractivity contribution in [2.24, 2.45) is 28.6 Å². The van der Waals surface area contributed by atoms with Crippen molar-refractivity contribution in [1.82, 2.24) is 9.80 Å². The first-order chi connectivity index (χ1) is 16.9. The van der Waals surface area contributed by atoms with Gasteiger partial charge in [-0.2, -0.15) is 0 Å². The van der Waals surface area contributed by atoms with Gasteiger partial charge in [-0.1, -0.05) is 32.1 Å². The lowest BCUT2D eigenvalue weighted by molar-refractivity contribution is -0.130. The number of likely N-dealkylation sites (tertiary alicyclic amines) is 2. The van der Waals surface area contributed by atoms with Gasteiger partial charge in [-0.25, -0.2) is 0 Å². The van der Waals surface area contributed by atoms with Gasteiger partial charge in [-0.05, 0) is 106 Å². The van der Waals surface area contributed by atoms with Gasteiger partial charge in [-0.3, -0.25) is 9.59 Å². The normalized spacial score (nSPS) is 39.0. The summed E-state index contributed by atoms with van der Waals surface area (Å²) in [6, 6.07) is 0. The second kappa shape index (κ2) is 8.92. The molecule has 190 valence electrons. The largest absolute Gasteiger partial charge is 0.339 e. The van der Waals surface area contributed by atoms with Gasteiger partial charge in [0, 0.05) is 42.7 Å². The molecule has 0 aromatic heterocycles. The van der Waals surface area contributed by atoms with E-state index in [1.807, 2.05) is 0 Å². The number of hydrogen-bond acceptors (Lipinski definition) is 2. The van der Waals surface area contributed by atoms with Crippen LogP contribution in [0.3, 0.4) is 0 Å². The first-order valence-corrected chi connectivity index (χ1v) is 14.6. The zero-order chi connectivity index (χ0) is 24.2. The van der Waals surface area contributed by atoms with E-state index in [4.69, 9.17) is 0 Å². The minimum Gasteiger partial charge on any atom is -0.339 e. The van der Waals surface area contributed by atoms with Crippen LogP contribution in [0.25, 0.3) is 0 Å². The summed E-state index contributed by atoms with van der Waals surface area (Å²) in [6.45, 7) is 8.65. The Morgan fingerprint density at radius 1 is 0.771 bits per heavy atom. The van der Waals surface area contributed by atoms with E-state index < -0.39 is 0 Å². The molecule has 35 heavy (non-hydrogen) atoms. The summed E-state index contributed by atoms with van der Waals surface area (Å²) in [5.74, 6) is 2.54. The number of hydrogen-bond donors (Lipinski definition) is 0. The number of amides is 2. The molecule has 0 aromatic rings. The SMILES string of the molecule is C[C@]12CCC(C(=O)N3CCCCC3)=CC1=CC[C@@H]1[C@@H]2CC[C@]2(C)C(C(=O)N3CCCCC3)=CC[C@@H]12. The Labute approximate surface area is 211 Å². The van der Waals surface area contributed by atoms with Gasteiger partial charge in [0.1, 0.15) is 0 Å². The second-order valence-corrected chi connectivity index (χ2v) is 12.9. The maximum absolute atomic E-state index is 13.5. The standard InChI is InChI=1S/C31H44N2O2/c1-30-15-13-22(28(34)32-17-5-3-6-18-32)21-23(30)9-10-24-25-11-12-27(31(25,2)16-14-26(24)30)29(35)33-19-7-4-8-20-33/h9,12,21,24-26H,3-8,10-11,13-20H2,1-2H3/t24-,25-,26-,30-,31-/m0/s1. The smallest absolute Gasteiger partial charge is 0.250 e. The number of carbonyl (C=O) groups is 2. The molecule has 2 aliphatic heterocycles. The van der Waals surface area contributed by atoms with Gasteiger partial charge in [0.25, 0.3) is 0 Å². The Balaban J connectivity index is 1.22. The first kappa shape index (κ1) is 23.6. The molecule has 0 bridgehead atoms. The quantitative estimate of drug-likeness (QED) is 0.487. The van der Waals surface area contributed by atoms with E-state index in [1.165, 1.54) is 24.8 Å².